The van der Waals surface area contributed by atoms with E-state index in [1.54, 1.807) is 12.1 Å². The van der Waals surface area contributed by atoms with Crippen LogP contribution in [0.4, 0.5) is 0 Å². The second-order valence-electron chi connectivity index (χ2n) is 5.17. The summed E-state index contributed by atoms with van der Waals surface area (Å²) in [5, 5.41) is 19.4. The van der Waals surface area contributed by atoms with Crippen molar-refractivity contribution in [1.29, 1.82) is 0 Å². The number of aromatic hydroxyl groups is 2. The van der Waals surface area contributed by atoms with Crippen LogP contribution < -0.4 is 0 Å². The van der Waals surface area contributed by atoms with Gasteiger partial charge in [-0.15, -0.1) is 0 Å². The van der Waals surface area contributed by atoms with Crippen molar-refractivity contribution in [3.63, 3.8) is 0 Å². The Morgan fingerprint density at radius 2 is 1.21 bits per heavy atom. The summed E-state index contributed by atoms with van der Waals surface area (Å²) in [6.07, 6.45) is 0.819. The molecule has 2 rings (SSSR count). The van der Waals surface area contributed by atoms with Crippen molar-refractivity contribution < 1.29 is 10.2 Å². The average Bonchev–Trinajstić information content (AvgIpc) is 2.41. The summed E-state index contributed by atoms with van der Waals surface area (Å²) in [6.45, 7) is 8.02. The molecule has 2 nitrogen and oxygen atoms in total. The zero-order chi connectivity index (χ0) is 14.2. The highest BCUT2D eigenvalue weighted by Gasteiger charge is 2.14. The molecule has 0 bridgehead atoms. The Bertz CT molecular complexity index is 581. The molecule has 0 saturated carbocycles. The Morgan fingerprint density at radius 3 is 1.68 bits per heavy atom. The summed E-state index contributed by atoms with van der Waals surface area (Å²) in [5.41, 5.74) is 6.63. The Balaban J connectivity index is 2.48. The first-order valence-electron chi connectivity index (χ1n) is 6.48. The van der Waals surface area contributed by atoms with Gasteiger partial charge in [-0.05, 0) is 79.6 Å². The molecule has 0 fully saturated rings. The quantitative estimate of drug-likeness (QED) is 0.855. The highest BCUT2D eigenvalue weighted by molar-refractivity contribution is 5.54. The second-order valence-corrected chi connectivity index (χ2v) is 5.17. The van der Waals surface area contributed by atoms with E-state index in [0.29, 0.717) is 5.75 Å². The van der Waals surface area contributed by atoms with Crippen LogP contribution in [0, 0.1) is 27.7 Å². The topological polar surface area (TPSA) is 40.5 Å². The van der Waals surface area contributed by atoms with Gasteiger partial charge in [-0.2, -0.15) is 0 Å². The predicted octanol–water partition coefficient (Wildman–Crippen LogP) is 3.92. The number of phenolic OH excluding ortho intramolecular Hbond substituents is 2. The molecule has 2 aromatic rings. The first-order chi connectivity index (χ1) is 8.91. The molecule has 2 heteroatoms. The van der Waals surface area contributed by atoms with Gasteiger partial charge in [0, 0.05) is 0 Å². The predicted molar refractivity (Wildman–Crippen MR) is 78.0 cm³/mol. The van der Waals surface area contributed by atoms with Gasteiger partial charge in [0.25, 0.3) is 0 Å². The molecule has 19 heavy (non-hydrogen) atoms. The van der Waals surface area contributed by atoms with E-state index in [2.05, 4.69) is 13.8 Å². The van der Waals surface area contributed by atoms with Gasteiger partial charge in [0.15, 0.2) is 0 Å². The van der Waals surface area contributed by atoms with Crippen molar-refractivity contribution in [2.75, 3.05) is 0 Å². The van der Waals surface area contributed by atoms with E-state index in [1.807, 2.05) is 26.0 Å². The highest BCUT2D eigenvalue weighted by atomic mass is 16.3. The molecule has 0 unspecified atom stereocenters. The van der Waals surface area contributed by atoms with Crippen molar-refractivity contribution in [2.24, 2.45) is 0 Å². The van der Waals surface area contributed by atoms with Crippen LogP contribution >= 0.6 is 0 Å². The third-order valence-electron chi connectivity index (χ3n) is 4.06. The minimum Gasteiger partial charge on any atom is -0.508 e. The molecule has 2 N–H and O–H groups in total. The Labute approximate surface area is 114 Å². The largest absolute Gasteiger partial charge is 0.508 e. The third-order valence-corrected chi connectivity index (χ3v) is 4.06. The monoisotopic (exact) mass is 256 g/mol. The molecule has 0 heterocycles. The maximum absolute atomic E-state index is 10.1. The molecule has 100 valence electrons. The lowest BCUT2D eigenvalue weighted by Crippen LogP contribution is -2.01. The lowest BCUT2D eigenvalue weighted by molar-refractivity contribution is 0.465. The molecule has 0 aliphatic heterocycles. The van der Waals surface area contributed by atoms with Gasteiger partial charge in [-0.1, -0.05) is 12.1 Å². The number of benzene rings is 2. The van der Waals surface area contributed by atoms with Crippen molar-refractivity contribution in [1.82, 2.24) is 0 Å². The molecular formula is C17H20O2. The first-order valence-corrected chi connectivity index (χ1v) is 6.48. The number of rotatable bonds is 2. The summed E-state index contributed by atoms with van der Waals surface area (Å²) in [7, 11) is 0. The Hall–Kier alpha value is -1.96. The molecule has 0 amide bonds. The minimum absolute atomic E-state index is 0.287. The van der Waals surface area contributed by atoms with Gasteiger partial charge in [0.1, 0.15) is 11.5 Å². The number of hydrogen-bond donors (Lipinski definition) is 2. The Kier molecular flexibility index (Phi) is 3.52. The van der Waals surface area contributed by atoms with Crippen LogP contribution in [0.3, 0.4) is 0 Å². The standard InChI is InChI=1S/C17H20O2/c1-10-12(3)17(19)13(4)11(2)16(10)9-14-5-7-15(18)8-6-14/h5-8,18-19H,9H2,1-4H3. The lowest BCUT2D eigenvalue weighted by Gasteiger charge is -2.17. The lowest BCUT2D eigenvalue weighted by atomic mass is 9.89. The number of phenols is 2. The molecular weight excluding hydrogens is 236 g/mol. The van der Waals surface area contributed by atoms with E-state index in [-0.39, 0.29) is 5.75 Å². The fourth-order valence-electron chi connectivity index (χ4n) is 2.45. The molecule has 0 aliphatic rings. The fraction of sp³-hybridized carbons (Fsp3) is 0.294. The molecule has 0 spiro atoms. The van der Waals surface area contributed by atoms with Crippen LogP contribution in [0.1, 0.15) is 33.4 Å². The van der Waals surface area contributed by atoms with Crippen LogP contribution in [0.25, 0.3) is 0 Å². The third kappa shape index (κ3) is 2.43. The summed E-state index contributed by atoms with van der Waals surface area (Å²) in [5.74, 6) is 0.694. The zero-order valence-corrected chi connectivity index (χ0v) is 11.9. The van der Waals surface area contributed by atoms with Gasteiger partial charge in [0.05, 0.1) is 0 Å². The fourth-order valence-corrected chi connectivity index (χ4v) is 2.45. The summed E-state index contributed by atoms with van der Waals surface area (Å²) in [4.78, 5) is 0. The van der Waals surface area contributed by atoms with Gasteiger partial charge in [-0.25, -0.2) is 0 Å². The average molecular weight is 256 g/mol. The van der Waals surface area contributed by atoms with Crippen molar-refractivity contribution in [3.05, 3.63) is 57.6 Å². The number of hydrogen-bond acceptors (Lipinski definition) is 2. The molecule has 0 saturated heterocycles. The molecule has 0 aliphatic carbocycles. The highest BCUT2D eigenvalue weighted by Crippen LogP contribution is 2.32. The smallest absolute Gasteiger partial charge is 0.121 e. The van der Waals surface area contributed by atoms with Crippen LogP contribution in [0.5, 0.6) is 11.5 Å². The van der Waals surface area contributed by atoms with Crippen LogP contribution in [0.2, 0.25) is 0 Å². The van der Waals surface area contributed by atoms with Crippen LogP contribution in [-0.4, -0.2) is 10.2 Å². The Morgan fingerprint density at radius 1 is 0.737 bits per heavy atom. The van der Waals surface area contributed by atoms with Crippen molar-refractivity contribution >= 4 is 0 Å². The van der Waals surface area contributed by atoms with E-state index in [9.17, 15) is 10.2 Å². The van der Waals surface area contributed by atoms with Crippen molar-refractivity contribution in [2.45, 2.75) is 34.1 Å². The van der Waals surface area contributed by atoms with Gasteiger partial charge < -0.3 is 10.2 Å². The first kappa shape index (κ1) is 13.5. The van der Waals surface area contributed by atoms with Gasteiger partial charge in [0.2, 0.25) is 0 Å². The van der Waals surface area contributed by atoms with E-state index < -0.39 is 0 Å². The molecule has 0 radical (unpaired) electrons. The SMILES string of the molecule is Cc1c(C)c(Cc2ccc(O)cc2)c(C)c(C)c1O. The maximum atomic E-state index is 10.1. The second kappa shape index (κ2) is 4.96. The van der Waals surface area contributed by atoms with E-state index in [0.717, 1.165) is 34.2 Å². The molecule has 0 aromatic heterocycles. The van der Waals surface area contributed by atoms with E-state index in [4.69, 9.17) is 0 Å². The normalized spacial score (nSPS) is 10.7. The maximum Gasteiger partial charge on any atom is 0.121 e. The minimum atomic E-state index is 0.287. The molecule has 0 atom stereocenters. The van der Waals surface area contributed by atoms with Crippen LogP contribution in [-0.2, 0) is 6.42 Å². The van der Waals surface area contributed by atoms with E-state index in [1.165, 1.54) is 5.56 Å². The zero-order valence-electron chi connectivity index (χ0n) is 11.9. The van der Waals surface area contributed by atoms with Gasteiger partial charge >= 0.3 is 0 Å². The summed E-state index contributed by atoms with van der Waals surface area (Å²) < 4.78 is 0. The van der Waals surface area contributed by atoms with Crippen LogP contribution in [0.15, 0.2) is 24.3 Å². The van der Waals surface area contributed by atoms with E-state index >= 15 is 0 Å². The molecule has 2 aromatic carbocycles. The summed E-state index contributed by atoms with van der Waals surface area (Å²) in [6, 6.07) is 7.29. The van der Waals surface area contributed by atoms with Gasteiger partial charge in [-0.3, -0.25) is 0 Å². The summed E-state index contributed by atoms with van der Waals surface area (Å²) >= 11 is 0. The van der Waals surface area contributed by atoms with Crippen molar-refractivity contribution in [3.8, 4) is 11.5 Å².